The van der Waals surface area contributed by atoms with Crippen LogP contribution in [-0.4, -0.2) is 25.4 Å². The van der Waals surface area contributed by atoms with E-state index in [4.69, 9.17) is 9.47 Å². The monoisotopic (exact) mass is 220 g/mol. The SMILES string of the molecule is C=C1CO[C@H](c2ccc(OC)cc2)[C@H]1CO. The van der Waals surface area contributed by atoms with Crippen molar-refractivity contribution in [1.82, 2.24) is 0 Å². The van der Waals surface area contributed by atoms with Gasteiger partial charge in [-0.2, -0.15) is 0 Å². The number of benzene rings is 1. The maximum Gasteiger partial charge on any atom is 0.118 e. The number of aliphatic hydroxyl groups excluding tert-OH is 1. The lowest BCUT2D eigenvalue weighted by Crippen LogP contribution is -2.12. The lowest BCUT2D eigenvalue weighted by Gasteiger charge is -2.17. The number of hydrogen-bond acceptors (Lipinski definition) is 3. The molecule has 0 spiro atoms. The van der Waals surface area contributed by atoms with Gasteiger partial charge in [0, 0.05) is 5.92 Å². The molecule has 0 aromatic heterocycles. The Balaban J connectivity index is 2.20. The highest BCUT2D eigenvalue weighted by Crippen LogP contribution is 2.37. The molecule has 3 nitrogen and oxygen atoms in total. The highest BCUT2D eigenvalue weighted by atomic mass is 16.5. The van der Waals surface area contributed by atoms with Gasteiger partial charge in [0.05, 0.1) is 26.4 Å². The van der Waals surface area contributed by atoms with Crippen molar-refractivity contribution in [3.63, 3.8) is 0 Å². The maximum absolute atomic E-state index is 9.30. The van der Waals surface area contributed by atoms with Crippen LogP contribution in [0, 0.1) is 5.92 Å². The molecule has 0 radical (unpaired) electrons. The van der Waals surface area contributed by atoms with Crippen molar-refractivity contribution in [3.05, 3.63) is 42.0 Å². The Kier molecular flexibility index (Phi) is 3.27. The molecule has 1 aliphatic heterocycles. The van der Waals surface area contributed by atoms with Gasteiger partial charge in [-0.3, -0.25) is 0 Å². The zero-order valence-electron chi connectivity index (χ0n) is 9.35. The quantitative estimate of drug-likeness (QED) is 0.791. The van der Waals surface area contributed by atoms with Crippen LogP contribution in [0.3, 0.4) is 0 Å². The van der Waals surface area contributed by atoms with E-state index in [2.05, 4.69) is 6.58 Å². The van der Waals surface area contributed by atoms with Gasteiger partial charge < -0.3 is 14.6 Å². The average Bonchev–Trinajstić information content (AvgIpc) is 2.70. The smallest absolute Gasteiger partial charge is 0.118 e. The van der Waals surface area contributed by atoms with Crippen molar-refractivity contribution >= 4 is 0 Å². The van der Waals surface area contributed by atoms with Crippen molar-refractivity contribution in [2.75, 3.05) is 20.3 Å². The van der Waals surface area contributed by atoms with Crippen molar-refractivity contribution in [2.45, 2.75) is 6.10 Å². The highest BCUT2D eigenvalue weighted by Gasteiger charge is 2.31. The zero-order valence-corrected chi connectivity index (χ0v) is 9.35. The van der Waals surface area contributed by atoms with Crippen LogP contribution in [0.15, 0.2) is 36.4 Å². The number of hydrogen-bond donors (Lipinski definition) is 1. The van der Waals surface area contributed by atoms with Crippen molar-refractivity contribution in [3.8, 4) is 5.75 Å². The van der Waals surface area contributed by atoms with Gasteiger partial charge in [0.1, 0.15) is 5.75 Å². The Morgan fingerprint density at radius 3 is 2.69 bits per heavy atom. The molecule has 3 heteroatoms. The molecule has 1 heterocycles. The second-order valence-corrected chi connectivity index (χ2v) is 3.95. The van der Waals surface area contributed by atoms with Gasteiger partial charge in [-0.25, -0.2) is 0 Å². The molecule has 0 unspecified atom stereocenters. The summed E-state index contributed by atoms with van der Waals surface area (Å²) in [5.41, 5.74) is 2.02. The van der Waals surface area contributed by atoms with E-state index in [1.165, 1.54) is 0 Å². The second-order valence-electron chi connectivity index (χ2n) is 3.95. The molecule has 2 atom stereocenters. The summed E-state index contributed by atoms with van der Waals surface area (Å²) in [5, 5.41) is 9.30. The van der Waals surface area contributed by atoms with Gasteiger partial charge in [-0.05, 0) is 23.3 Å². The number of ether oxygens (including phenoxy) is 2. The summed E-state index contributed by atoms with van der Waals surface area (Å²) in [4.78, 5) is 0. The second kappa shape index (κ2) is 4.68. The van der Waals surface area contributed by atoms with Crippen LogP contribution < -0.4 is 4.74 Å². The van der Waals surface area contributed by atoms with Gasteiger partial charge in [0.2, 0.25) is 0 Å². The minimum Gasteiger partial charge on any atom is -0.497 e. The van der Waals surface area contributed by atoms with E-state index >= 15 is 0 Å². The first-order valence-electron chi connectivity index (χ1n) is 5.30. The normalized spacial score (nSPS) is 24.8. The Bertz CT molecular complexity index is 369. The lowest BCUT2D eigenvalue weighted by atomic mass is 9.93. The minimum atomic E-state index is -0.0802. The van der Waals surface area contributed by atoms with Crippen LogP contribution in [0.4, 0.5) is 0 Å². The fourth-order valence-corrected chi connectivity index (χ4v) is 1.98. The summed E-state index contributed by atoms with van der Waals surface area (Å²) in [6.07, 6.45) is -0.0802. The minimum absolute atomic E-state index is 0.00777. The van der Waals surface area contributed by atoms with E-state index in [0.29, 0.717) is 6.61 Å². The van der Waals surface area contributed by atoms with Crippen molar-refractivity contribution in [1.29, 1.82) is 0 Å². The average molecular weight is 220 g/mol. The molecule has 0 bridgehead atoms. The Labute approximate surface area is 95.3 Å². The fourth-order valence-electron chi connectivity index (χ4n) is 1.98. The van der Waals surface area contributed by atoms with E-state index < -0.39 is 0 Å². The fraction of sp³-hybridized carbons (Fsp3) is 0.385. The van der Waals surface area contributed by atoms with Crippen LogP contribution in [0.5, 0.6) is 5.75 Å². The molecule has 86 valence electrons. The van der Waals surface area contributed by atoms with Gasteiger partial charge in [0.15, 0.2) is 0 Å². The first-order chi connectivity index (χ1) is 7.76. The molecule has 0 amide bonds. The molecule has 0 saturated carbocycles. The third-order valence-electron chi connectivity index (χ3n) is 2.98. The molecule has 1 aromatic carbocycles. The summed E-state index contributed by atoms with van der Waals surface area (Å²) in [6.45, 7) is 4.51. The Morgan fingerprint density at radius 1 is 1.44 bits per heavy atom. The van der Waals surface area contributed by atoms with E-state index in [1.54, 1.807) is 7.11 Å². The number of methoxy groups -OCH3 is 1. The predicted octanol–water partition coefficient (Wildman–Crippen LogP) is 1.93. The summed E-state index contributed by atoms with van der Waals surface area (Å²) < 4.78 is 10.7. The van der Waals surface area contributed by atoms with Gasteiger partial charge in [0.25, 0.3) is 0 Å². The van der Waals surface area contributed by atoms with E-state index in [9.17, 15) is 5.11 Å². The van der Waals surface area contributed by atoms with Gasteiger partial charge in [-0.1, -0.05) is 18.7 Å². The van der Waals surface area contributed by atoms with Crippen LogP contribution in [0.2, 0.25) is 0 Å². The third-order valence-corrected chi connectivity index (χ3v) is 2.98. The zero-order chi connectivity index (χ0) is 11.5. The summed E-state index contributed by atoms with van der Waals surface area (Å²) in [6, 6.07) is 7.72. The van der Waals surface area contributed by atoms with E-state index in [0.717, 1.165) is 16.9 Å². The molecular formula is C13H16O3. The molecule has 1 saturated heterocycles. The highest BCUT2D eigenvalue weighted by molar-refractivity contribution is 5.31. The van der Waals surface area contributed by atoms with Gasteiger partial charge in [-0.15, -0.1) is 0 Å². The van der Waals surface area contributed by atoms with E-state index in [-0.39, 0.29) is 18.6 Å². The van der Waals surface area contributed by atoms with Crippen LogP contribution in [0.25, 0.3) is 0 Å². The standard InChI is InChI=1S/C13H16O3/c1-9-8-16-13(12(9)7-14)10-3-5-11(15-2)6-4-10/h3-6,12-14H,1,7-8H2,2H3/t12-,13+/m0/s1. The molecule has 1 aromatic rings. The van der Waals surface area contributed by atoms with Crippen LogP contribution in [0.1, 0.15) is 11.7 Å². The Morgan fingerprint density at radius 2 is 2.12 bits per heavy atom. The summed E-state index contributed by atoms with van der Waals surface area (Å²) >= 11 is 0. The summed E-state index contributed by atoms with van der Waals surface area (Å²) in [7, 11) is 1.64. The lowest BCUT2D eigenvalue weighted by molar-refractivity contribution is 0.0721. The predicted molar refractivity (Wildman–Crippen MR) is 61.4 cm³/mol. The molecule has 16 heavy (non-hydrogen) atoms. The maximum atomic E-state index is 9.30. The Hall–Kier alpha value is -1.32. The number of rotatable bonds is 3. The van der Waals surface area contributed by atoms with Crippen molar-refractivity contribution in [2.24, 2.45) is 5.92 Å². The largest absolute Gasteiger partial charge is 0.497 e. The third kappa shape index (κ3) is 1.96. The summed E-state index contributed by atoms with van der Waals surface area (Å²) in [5.74, 6) is 0.828. The van der Waals surface area contributed by atoms with Crippen molar-refractivity contribution < 1.29 is 14.6 Å². The molecule has 1 fully saturated rings. The van der Waals surface area contributed by atoms with E-state index in [1.807, 2.05) is 24.3 Å². The molecular weight excluding hydrogens is 204 g/mol. The molecule has 0 aliphatic carbocycles. The van der Waals surface area contributed by atoms with Crippen LogP contribution in [-0.2, 0) is 4.74 Å². The molecule has 1 N–H and O–H groups in total. The first kappa shape index (κ1) is 11.2. The topological polar surface area (TPSA) is 38.7 Å². The van der Waals surface area contributed by atoms with Gasteiger partial charge >= 0.3 is 0 Å². The molecule has 1 aliphatic rings. The number of aliphatic hydroxyl groups is 1. The molecule has 2 rings (SSSR count). The first-order valence-corrected chi connectivity index (χ1v) is 5.30. The van der Waals surface area contributed by atoms with Crippen LogP contribution >= 0.6 is 0 Å².